The number of fused-ring (bicyclic) bond motifs is 3. The molecule has 122 valence electrons. The van der Waals surface area contributed by atoms with E-state index in [1.165, 1.54) is 26.1 Å². The number of thiophene rings is 1. The average molecular weight is 325 g/mol. The second-order valence-electron chi connectivity index (χ2n) is 8.64. The molecule has 1 unspecified atom stereocenters. The van der Waals surface area contributed by atoms with Crippen molar-refractivity contribution in [2.24, 2.45) is 16.7 Å². The summed E-state index contributed by atoms with van der Waals surface area (Å²) in [7, 11) is 0. The van der Waals surface area contributed by atoms with Gasteiger partial charge >= 0.3 is 0 Å². The van der Waals surface area contributed by atoms with Gasteiger partial charge in [0.05, 0.1) is 0 Å². The lowest BCUT2D eigenvalue weighted by Gasteiger charge is -2.26. The fourth-order valence-electron chi connectivity index (χ4n) is 3.16. The lowest BCUT2D eigenvalue weighted by Crippen LogP contribution is -2.16. The molecule has 0 radical (unpaired) electrons. The summed E-state index contributed by atoms with van der Waals surface area (Å²) in [6.45, 7) is 13.8. The third-order valence-electron chi connectivity index (χ3n) is 5.00. The van der Waals surface area contributed by atoms with Crippen LogP contribution in [-0.2, 0) is 6.42 Å². The predicted octanol–water partition coefficient (Wildman–Crippen LogP) is 7.19. The fraction of sp³-hybridized carbons (Fsp3) is 0.455. The van der Waals surface area contributed by atoms with Crippen molar-refractivity contribution >= 4 is 33.6 Å². The number of hydrogen-bond acceptors (Lipinski definition) is 1. The summed E-state index contributed by atoms with van der Waals surface area (Å²) in [6.07, 6.45) is 10.6. The van der Waals surface area contributed by atoms with Gasteiger partial charge in [-0.05, 0) is 35.5 Å². The first-order chi connectivity index (χ1) is 10.7. The Morgan fingerprint density at radius 3 is 2.43 bits per heavy atom. The highest BCUT2D eigenvalue weighted by Crippen LogP contribution is 2.41. The van der Waals surface area contributed by atoms with E-state index in [4.69, 9.17) is 0 Å². The summed E-state index contributed by atoms with van der Waals surface area (Å²) < 4.78 is 1.42. The number of rotatable bonds is 2. The lowest BCUT2D eigenvalue weighted by atomic mass is 9.79. The molecule has 23 heavy (non-hydrogen) atoms. The van der Waals surface area contributed by atoms with Crippen LogP contribution >= 0.6 is 11.3 Å². The molecule has 0 aliphatic heterocycles. The zero-order valence-corrected chi connectivity index (χ0v) is 16.1. The molecule has 1 aromatic carbocycles. The molecule has 0 fully saturated rings. The van der Waals surface area contributed by atoms with Gasteiger partial charge in [0.15, 0.2) is 0 Å². The van der Waals surface area contributed by atoms with Crippen LogP contribution in [-0.4, -0.2) is 0 Å². The molecule has 1 heterocycles. The molecule has 0 N–H and O–H groups in total. The average Bonchev–Trinajstić information content (AvgIpc) is 2.68. The van der Waals surface area contributed by atoms with Crippen molar-refractivity contribution in [3.05, 3.63) is 46.4 Å². The third kappa shape index (κ3) is 3.30. The Morgan fingerprint density at radius 2 is 1.78 bits per heavy atom. The van der Waals surface area contributed by atoms with Crippen LogP contribution in [0.2, 0.25) is 0 Å². The lowest BCUT2D eigenvalue weighted by molar-refractivity contribution is 0.387. The molecule has 1 aliphatic carbocycles. The molecule has 0 saturated carbocycles. The minimum Gasteiger partial charge on any atom is -0.135 e. The van der Waals surface area contributed by atoms with Gasteiger partial charge in [0.25, 0.3) is 0 Å². The topological polar surface area (TPSA) is 0 Å². The van der Waals surface area contributed by atoms with Gasteiger partial charge in [-0.3, -0.25) is 0 Å². The minimum absolute atomic E-state index is 0.150. The number of benzene rings is 1. The minimum atomic E-state index is 0.150. The van der Waals surface area contributed by atoms with Gasteiger partial charge in [0.1, 0.15) is 0 Å². The maximum Gasteiger partial charge on any atom is 0.0358 e. The van der Waals surface area contributed by atoms with Crippen molar-refractivity contribution in [2.75, 3.05) is 0 Å². The van der Waals surface area contributed by atoms with Crippen LogP contribution in [0.15, 0.2) is 30.4 Å². The van der Waals surface area contributed by atoms with Crippen molar-refractivity contribution in [1.82, 2.24) is 0 Å². The summed E-state index contributed by atoms with van der Waals surface area (Å²) >= 11 is 1.93. The molecular weight excluding hydrogens is 296 g/mol. The number of hydrogen-bond donors (Lipinski definition) is 0. The van der Waals surface area contributed by atoms with E-state index in [2.05, 4.69) is 84.0 Å². The Bertz CT molecular complexity index is 780. The molecule has 1 atom stereocenters. The Kier molecular flexibility index (Phi) is 4.04. The molecule has 0 spiro atoms. The largest absolute Gasteiger partial charge is 0.135 e. The summed E-state index contributed by atoms with van der Waals surface area (Å²) in [4.78, 5) is 1.40. The Labute approximate surface area is 144 Å². The standard InChI is InChI=1S/C22H28S/c1-15(2)22(6)11-9-18-17-8-7-16(14-21(3,4)5)13-20(17)23-19(18)10-12-22/h7-13,15H,14H2,1-6H3. The van der Waals surface area contributed by atoms with E-state index in [0.717, 1.165) is 6.42 Å². The first-order valence-electron chi connectivity index (χ1n) is 8.62. The van der Waals surface area contributed by atoms with Gasteiger partial charge in [-0.15, -0.1) is 11.3 Å². The zero-order chi connectivity index (χ0) is 16.8. The van der Waals surface area contributed by atoms with E-state index in [0.29, 0.717) is 11.3 Å². The van der Waals surface area contributed by atoms with Crippen molar-refractivity contribution in [1.29, 1.82) is 0 Å². The number of allylic oxidation sites excluding steroid dienone is 2. The van der Waals surface area contributed by atoms with Crippen LogP contribution in [0.3, 0.4) is 0 Å². The van der Waals surface area contributed by atoms with Crippen molar-refractivity contribution in [3.8, 4) is 0 Å². The third-order valence-corrected chi connectivity index (χ3v) is 6.14. The molecule has 0 amide bonds. The van der Waals surface area contributed by atoms with Crippen LogP contribution in [0.25, 0.3) is 22.2 Å². The highest BCUT2D eigenvalue weighted by molar-refractivity contribution is 7.20. The van der Waals surface area contributed by atoms with Crippen LogP contribution in [0.5, 0.6) is 0 Å². The monoisotopic (exact) mass is 324 g/mol. The van der Waals surface area contributed by atoms with E-state index < -0.39 is 0 Å². The SMILES string of the molecule is CC(C)C1(C)C=Cc2sc3cc(CC(C)(C)C)ccc3c2C=C1. The van der Waals surface area contributed by atoms with Crippen LogP contribution in [0, 0.1) is 16.7 Å². The molecule has 2 aromatic rings. The van der Waals surface area contributed by atoms with Crippen molar-refractivity contribution in [3.63, 3.8) is 0 Å². The van der Waals surface area contributed by atoms with Gasteiger partial charge in [-0.1, -0.05) is 71.9 Å². The molecule has 1 aliphatic rings. The second-order valence-corrected chi connectivity index (χ2v) is 9.72. The van der Waals surface area contributed by atoms with E-state index >= 15 is 0 Å². The Hall–Kier alpha value is -1.34. The summed E-state index contributed by atoms with van der Waals surface area (Å²) in [6, 6.07) is 7.02. The predicted molar refractivity (Wildman–Crippen MR) is 106 cm³/mol. The van der Waals surface area contributed by atoms with Gasteiger partial charge in [-0.25, -0.2) is 0 Å². The van der Waals surface area contributed by atoms with Gasteiger partial charge in [-0.2, -0.15) is 0 Å². The molecule has 1 heteroatoms. The van der Waals surface area contributed by atoms with Gasteiger partial charge in [0, 0.05) is 25.9 Å². The summed E-state index contributed by atoms with van der Waals surface area (Å²) in [5, 5.41) is 1.40. The van der Waals surface area contributed by atoms with Gasteiger partial charge in [0.2, 0.25) is 0 Å². The van der Waals surface area contributed by atoms with E-state index in [-0.39, 0.29) is 5.41 Å². The first kappa shape index (κ1) is 16.5. The zero-order valence-electron chi connectivity index (χ0n) is 15.2. The van der Waals surface area contributed by atoms with E-state index in [9.17, 15) is 0 Å². The molecule has 3 rings (SSSR count). The smallest absolute Gasteiger partial charge is 0.0358 e. The summed E-state index contributed by atoms with van der Waals surface area (Å²) in [5.41, 5.74) is 3.33. The van der Waals surface area contributed by atoms with Crippen molar-refractivity contribution < 1.29 is 0 Å². The highest BCUT2D eigenvalue weighted by atomic mass is 32.1. The van der Waals surface area contributed by atoms with Crippen molar-refractivity contribution in [2.45, 2.75) is 48.0 Å². The second kappa shape index (κ2) is 5.63. The molecule has 0 nitrogen and oxygen atoms in total. The Balaban J connectivity index is 2.04. The molecular formula is C22H28S. The maximum atomic E-state index is 2.39. The van der Waals surface area contributed by atoms with Crippen LogP contribution < -0.4 is 0 Å². The normalized spacial score (nSPS) is 21.0. The quantitative estimate of drug-likeness (QED) is 0.548. The fourth-order valence-corrected chi connectivity index (χ4v) is 4.32. The Morgan fingerprint density at radius 1 is 1.09 bits per heavy atom. The first-order valence-corrected chi connectivity index (χ1v) is 9.43. The van der Waals surface area contributed by atoms with E-state index in [1.807, 2.05) is 11.3 Å². The molecule has 0 bridgehead atoms. The maximum absolute atomic E-state index is 2.39. The summed E-state index contributed by atoms with van der Waals surface area (Å²) in [5.74, 6) is 0.605. The van der Waals surface area contributed by atoms with E-state index in [1.54, 1.807) is 0 Å². The van der Waals surface area contributed by atoms with Crippen LogP contribution in [0.1, 0.15) is 57.5 Å². The molecule has 1 aromatic heterocycles. The highest BCUT2D eigenvalue weighted by Gasteiger charge is 2.24. The van der Waals surface area contributed by atoms with Gasteiger partial charge < -0.3 is 0 Å². The van der Waals surface area contributed by atoms with Crippen LogP contribution in [0.4, 0.5) is 0 Å². The molecule has 0 saturated heterocycles.